The second kappa shape index (κ2) is 5.72. The Hall–Kier alpha value is -2.06. The van der Waals surface area contributed by atoms with Crippen LogP contribution in [-0.4, -0.2) is 5.11 Å². The van der Waals surface area contributed by atoms with E-state index in [0.29, 0.717) is 5.75 Å². The summed E-state index contributed by atoms with van der Waals surface area (Å²) < 4.78 is 2.01. The number of rotatable bonds is 2. The molecule has 0 fully saturated rings. The van der Waals surface area contributed by atoms with Gasteiger partial charge in [-0.25, -0.2) is 0 Å². The molecule has 0 amide bonds. The summed E-state index contributed by atoms with van der Waals surface area (Å²) in [5.41, 5.74) is 1.22. The van der Waals surface area contributed by atoms with Crippen LogP contribution in [0.5, 0.6) is 5.75 Å². The zero-order chi connectivity index (χ0) is 12.4. The highest BCUT2D eigenvalue weighted by atomic mass is 35.5. The van der Waals surface area contributed by atoms with Crippen LogP contribution in [0.2, 0.25) is 0 Å². The highest BCUT2D eigenvalue weighted by Crippen LogP contribution is 2.21. The Morgan fingerprint density at radius 2 is 1.53 bits per heavy atom. The van der Waals surface area contributed by atoms with Gasteiger partial charge < -0.3 is 17.5 Å². The van der Waals surface area contributed by atoms with Gasteiger partial charge in [-0.1, -0.05) is 48.5 Å². The Morgan fingerprint density at radius 1 is 0.842 bits per heavy atom. The fraction of sp³-hybridized carbons (Fsp3) is 0.0625. The molecular weight excluding hydrogens is 258 g/mol. The molecule has 0 bridgehead atoms. The molecule has 2 aromatic carbocycles. The molecule has 3 rings (SSSR count). The van der Waals surface area contributed by atoms with Crippen molar-refractivity contribution in [2.45, 2.75) is 6.54 Å². The van der Waals surface area contributed by atoms with Gasteiger partial charge in [0.25, 0.3) is 0 Å². The van der Waals surface area contributed by atoms with Crippen molar-refractivity contribution in [3.8, 4) is 5.75 Å². The Kier molecular flexibility index (Phi) is 4.03. The monoisotopic (exact) mass is 271 g/mol. The van der Waals surface area contributed by atoms with Gasteiger partial charge in [0, 0.05) is 16.3 Å². The third-order valence-corrected chi connectivity index (χ3v) is 3.04. The quantitative estimate of drug-likeness (QED) is 0.646. The summed E-state index contributed by atoms with van der Waals surface area (Å²) in [5.74, 6) is 0.323. The first-order chi connectivity index (χ1) is 8.83. The van der Waals surface area contributed by atoms with Gasteiger partial charge >= 0.3 is 0 Å². The SMILES string of the molecule is Oc1c[n+](Cc2ccccc2)cc2ccccc12.[Cl-]. The molecule has 0 aliphatic heterocycles. The maximum Gasteiger partial charge on any atom is 0.211 e. The van der Waals surface area contributed by atoms with E-state index < -0.39 is 0 Å². The van der Waals surface area contributed by atoms with Gasteiger partial charge in [-0.3, -0.25) is 0 Å². The van der Waals surface area contributed by atoms with Crippen LogP contribution < -0.4 is 17.0 Å². The van der Waals surface area contributed by atoms with Crippen molar-refractivity contribution in [3.63, 3.8) is 0 Å². The minimum absolute atomic E-state index is 0. The fourth-order valence-electron chi connectivity index (χ4n) is 2.17. The molecule has 0 atom stereocenters. The molecule has 0 aliphatic rings. The normalized spacial score (nSPS) is 10.1. The average Bonchev–Trinajstić information content (AvgIpc) is 2.40. The molecule has 19 heavy (non-hydrogen) atoms. The molecule has 0 radical (unpaired) electrons. The first-order valence-electron chi connectivity index (χ1n) is 5.98. The van der Waals surface area contributed by atoms with Gasteiger partial charge in [0.1, 0.15) is 0 Å². The highest BCUT2D eigenvalue weighted by Gasteiger charge is 2.09. The van der Waals surface area contributed by atoms with E-state index in [-0.39, 0.29) is 12.4 Å². The second-order valence-electron chi connectivity index (χ2n) is 4.39. The number of pyridine rings is 1. The molecule has 0 saturated carbocycles. The molecular formula is C16H14ClNO. The number of hydrogen-bond acceptors (Lipinski definition) is 1. The number of nitrogens with zero attached hydrogens (tertiary/aromatic N) is 1. The largest absolute Gasteiger partial charge is 1.00 e. The average molecular weight is 272 g/mol. The molecule has 3 aromatic rings. The number of aromatic nitrogens is 1. The summed E-state index contributed by atoms with van der Waals surface area (Å²) in [6, 6.07) is 18.1. The number of hydrogen-bond donors (Lipinski definition) is 1. The number of halogens is 1. The van der Waals surface area contributed by atoms with Crippen molar-refractivity contribution in [2.24, 2.45) is 0 Å². The lowest BCUT2D eigenvalue weighted by Gasteiger charge is -2.02. The van der Waals surface area contributed by atoms with Crippen molar-refractivity contribution >= 4 is 10.8 Å². The topological polar surface area (TPSA) is 24.1 Å². The third-order valence-electron chi connectivity index (χ3n) is 3.04. The van der Waals surface area contributed by atoms with Crippen LogP contribution >= 0.6 is 0 Å². The summed E-state index contributed by atoms with van der Waals surface area (Å²) in [7, 11) is 0. The van der Waals surface area contributed by atoms with E-state index in [0.717, 1.165) is 17.3 Å². The summed E-state index contributed by atoms with van der Waals surface area (Å²) >= 11 is 0. The van der Waals surface area contributed by atoms with E-state index in [2.05, 4.69) is 18.3 Å². The lowest BCUT2D eigenvalue weighted by molar-refractivity contribution is -0.687. The predicted molar refractivity (Wildman–Crippen MR) is 71.4 cm³/mol. The molecule has 0 unspecified atom stereocenters. The molecule has 0 aliphatic carbocycles. The zero-order valence-electron chi connectivity index (χ0n) is 10.3. The van der Waals surface area contributed by atoms with Gasteiger partial charge in [-0.2, -0.15) is 4.57 Å². The number of aromatic hydroxyl groups is 1. The predicted octanol–water partition coefficient (Wildman–Crippen LogP) is -0.115. The minimum Gasteiger partial charge on any atom is -1.00 e. The van der Waals surface area contributed by atoms with Crippen LogP contribution in [0.1, 0.15) is 5.56 Å². The van der Waals surface area contributed by atoms with Crippen molar-refractivity contribution in [1.82, 2.24) is 0 Å². The molecule has 3 heteroatoms. The van der Waals surface area contributed by atoms with Crippen molar-refractivity contribution < 1.29 is 22.1 Å². The van der Waals surface area contributed by atoms with Gasteiger partial charge in [0.2, 0.25) is 6.20 Å². The van der Waals surface area contributed by atoms with E-state index >= 15 is 0 Å². The van der Waals surface area contributed by atoms with Crippen molar-refractivity contribution in [1.29, 1.82) is 0 Å². The Balaban J connectivity index is 0.00000133. The summed E-state index contributed by atoms with van der Waals surface area (Å²) in [4.78, 5) is 0. The highest BCUT2D eigenvalue weighted by molar-refractivity contribution is 5.85. The van der Waals surface area contributed by atoms with Crippen LogP contribution in [0.25, 0.3) is 10.8 Å². The smallest absolute Gasteiger partial charge is 0.211 e. The van der Waals surface area contributed by atoms with Gasteiger partial charge in [0.05, 0.1) is 0 Å². The maximum absolute atomic E-state index is 10.0. The molecule has 0 spiro atoms. The zero-order valence-corrected chi connectivity index (χ0v) is 11.1. The molecule has 2 nitrogen and oxygen atoms in total. The molecule has 1 N–H and O–H groups in total. The third kappa shape index (κ3) is 2.85. The fourth-order valence-corrected chi connectivity index (χ4v) is 2.17. The van der Waals surface area contributed by atoms with E-state index in [4.69, 9.17) is 0 Å². The number of benzene rings is 2. The summed E-state index contributed by atoms with van der Waals surface area (Å²) in [6.07, 6.45) is 3.83. The first kappa shape index (κ1) is 13.4. The minimum atomic E-state index is 0. The van der Waals surface area contributed by atoms with Gasteiger partial charge in [-0.05, 0) is 6.07 Å². The molecule has 1 aromatic heterocycles. The Bertz CT molecular complexity index is 683. The van der Waals surface area contributed by atoms with Crippen LogP contribution in [0, 0.1) is 0 Å². The number of fused-ring (bicyclic) bond motifs is 1. The van der Waals surface area contributed by atoms with Crippen molar-refractivity contribution in [2.75, 3.05) is 0 Å². The van der Waals surface area contributed by atoms with E-state index in [1.165, 1.54) is 5.56 Å². The van der Waals surface area contributed by atoms with E-state index in [1.807, 2.05) is 47.0 Å². The maximum atomic E-state index is 10.0. The lowest BCUT2D eigenvalue weighted by Crippen LogP contribution is -3.00. The molecule has 96 valence electrons. The van der Waals surface area contributed by atoms with Crippen LogP contribution in [0.3, 0.4) is 0 Å². The standard InChI is InChI=1S/C16H13NO.ClH/c18-16-12-17(10-13-6-2-1-3-7-13)11-14-8-4-5-9-15(14)16;/h1-9,11-12H,10H2;1H. The van der Waals surface area contributed by atoms with Crippen LogP contribution in [0.15, 0.2) is 67.0 Å². The lowest BCUT2D eigenvalue weighted by atomic mass is 10.1. The second-order valence-corrected chi connectivity index (χ2v) is 4.39. The Morgan fingerprint density at radius 3 is 2.32 bits per heavy atom. The molecule has 0 saturated heterocycles. The van der Waals surface area contributed by atoms with Crippen LogP contribution in [-0.2, 0) is 6.54 Å². The molecule has 1 heterocycles. The Labute approximate surface area is 118 Å². The summed E-state index contributed by atoms with van der Waals surface area (Å²) in [5, 5.41) is 11.9. The van der Waals surface area contributed by atoms with Crippen molar-refractivity contribution in [3.05, 3.63) is 72.6 Å². The first-order valence-corrected chi connectivity index (χ1v) is 5.98. The summed E-state index contributed by atoms with van der Waals surface area (Å²) in [6.45, 7) is 0.763. The van der Waals surface area contributed by atoms with Gasteiger partial charge in [0.15, 0.2) is 18.5 Å². The van der Waals surface area contributed by atoms with E-state index in [9.17, 15) is 5.11 Å². The van der Waals surface area contributed by atoms with E-state index in [1.54, 1.807) is 6.20 Å². The van der Waals surface area contributed by atoms with Crippen LogP contribution in [0.4, 0.5) is 0 Å². The van der Waals surface area contributed by atoms with Gasteiger partial charge in [-0.15, -0.1) is 0 Å².